The number of benzene rings is 1. The number of nitrogens with one attached hydrogen (secondary N) is 4. The lowest BCUT2D eigenvalue weighted by molar-refractivity contribution is -0.142. The van der Waals surface area contributed by atoms with Crippen LogP contribution in [-0.2, 0) is 30.4 Å². The van der Waals surface area contributed by atoms with Gasteiger partial charge in [-0.25, -0.2) is 9.79 Å². The summed E-state index contributed by atoms with van der Waals surface area (Å²) >= 11 is 0. The average molecular weight is 646 g/mol. The van der Waals surface area contributed by atoms with Crippen molar-refractivity contribution in [2.24, 2.45) is 16.6 Å². The van der Waals surface area contributed by atoms with Crippen LogP contribution in [0.25, 0.3) is 0 Å². The number of phenolic OH excluding ortho intramolecular Hbond substituents is 1. The van der Waals surface area contributed by atoms with Gasteiger partial charge in [-0.15, -0.1) is 0 Å². The number of likely N-dealkylation sites (tertiary alicyclic amines) is 1. The van der Waals surface area contributed by atoms with E-state index < -0.39 is 59.8 Å². The molecule has 0 bridgehead atoms. The number of carbonyl (C=O) groups excluding carboxylic acids is 4. The summed E-state index contributed by atoms with van der Waals surface area (Å²) in [6, 6.07) is 0.685. The second-order valence-corrected chi connectivity index (χ2v) is 12.3. The van der Waals surface area contributed by atoms with Crippen molar-refractivity contribution in [2.45, 2.75) is 110 Å². The van der Waals surface area contributed by atoms with Crippen LogP contribution in [0.1, 0.15) is 78.7 Å². The lowest BCUT2D eigenvalue weighted by Gasteiger charge is -2.26. The first kappa shape index (κ1) is 37.8. The Kier molecular flexibility index (Phi) is 15.3. The highest BCUT2D eigenvalue weighted by molar-refractivity contribution is 5.95. The molecule has 1 aromatic carbocycles. The molecule has 5 atom stereocenters. The molecule has 1 aromatic rings. The fourth-order valence-corrected chi connectivity index (χ4v) is 4.96. The Morgan fingerprint density at radius 1 is 0.761 bits per heavy atom. The number of hydrogen-bond acceptors (Lipinski definition) is 7. The molecule has 0 saturated carbocycles. The van der Waals surface area contributed by atoms with Crippen molar-refractivity contribution in [3.8, 4) is 5.75 Å². The first-order chi connectivity index (χ1) is 21.7. The molecule has 0 spiro atoms. The predicted octanol–water partition coefficient (Wildman–Crippen LogP) is 1.01. The zero-order valence-electron chi connectivity index (χ0n) is 27.5. The van der Waals surface area contributed by atoms with E-state index in [2.05, 4.69) is 26.3 Å². The number of carboxylic acid groups (broad SMARTS) is 1. The van der Waals surface area contributed by atoms with E-state index in [0.717, 1.165) is 38.8 Å². The van der Waals surface area contributed by atoms with Gasteiger partial charge < -0.3 is 42.1 Å². The normalized spacial score (nSPS) is 17.3. The SMILES string of the molecule is CC(C)CC(NC(=O)C(C)NC(=O)C(C)N=C(N)N1CCCCCCC1)C(=O)NC(C)C(=O)NC(Cc1ccc(O)cc1)C(=O)O. The number of nitrogens with zero attached hydrogens (tertiary/aromatic N) is 2. The molecule has 14 nitrogen and oxygen atoms in total. The van der Waals surface area contributed by atoms with Crippen LogP contribution >= 0.6 is 0 Å². The topological polar surface area (TPSA) is 216 Å². The first-order valence-electron chi connectivity index (χ1n) is 16.0. The maximum Gasteiger partial charge on any atom is 0.326 e. The number of nitrogens with two attached hydrogens (primary N) is 1. The minimum absolute atomic E-state index is 0.00704. The Labute approximate surface area is 271 Å². The van der Waals surface area contributed by atoms with E-state index in [0.29, 0.717) is 11.5 Å². The molecule has 1 heterocycles. The van der Waals surface area contributed by atoms with E-state index in [-0.39, 0.29) is 24.5 Å². The van der Waals surface area contributed by atoms with Gasteiger partial charge in [0, 0.05) is 19.5 Å². The molecule has 5 unspecified atom stereocenters. The van der Waals surface area contributed by atoms with Gasteiger partial charge in [0.25, 0.3) is 0 Å². The summed E-state index contributed by atoms with van der Waals surface area (Å²) < 4.78 is 0. The Balaban J connectivity index is 1.96. The number of rotatable bonds is 14. The van der Waals surface area contributed by atoms with Crippen molar-refractivity contribution in [3.05, 3.63) is 29.8 Å². The molecule has 14 heteroatoms. The number of amides is 4. The van der Waals surface area contributed by atoms with Crippen LogP contribution in [0.3, 0.4) is 0 Å². The molecule has 8 N–H and O–H groups in total. The van der Waals surface area contributed by atoms with Crippen LogP contribution in [-0.4, -0.2) is 94.0 Å². The van der Waals surface area contributed by atoms with Gasteiger partial charge in [-0.1, -0.05) is 45.2 Å². The molecule has 1 aliphatic heterocycles. The van der Waals surface area contributed by atoms with Gasteiger partial charge >= 0.3 is 5.97 Å². The van der Waals surface area contributed by atoms with E-state index in [1.54, 1.807) is 19.1 Å². The van der Waals surface area contributed by atoms with Crippen LogP contribution in [0.15, 0.2) is 29.3 Å². The largest absolute Gasteiger partial charge is 0.508 e. The molecule has 2 rings (SSSR count). The lowest BCUT2D eigenvalue weighted by Crippen LogP contribution is -2.57. The third kappa shape index (κ3) is 12.9. The van der Waals surface area contributed by atoms with E-state index in [1.807, 2.05) is 18.7 Å². The fourth-order valence-electron chi connectivity index (χ4n) is 4.96. The first-order valence-corrected chi connectivity index (χ1v) is 16.0. The Morgan fingerprint density at radius 3 is 1.78 bits per heavy atom. The van der Waals surface area contributed by atoms with E-state index in [9.17, 15) is 34.2 Å². The second-order valence-electron chi connectivity index (χ2n) is 12.3. The summed E-state index contributed by atoms with van der Waals surface area (Å²) in [4.78, 5) is 70.0. The Bertz CT molecular complexity index is 1210. The molecular weight excluding hydrogens is 594 g/mol. The minimum Gasteiger partial charge on any atom is -0.508 e. The molecule has 256 valence electrons. The zero-order valence-corrected chi connectivity index (χ0v) is 27.5. The quantitative estimate of drug-likeness (QED) is 0.113. The monoisotopic (exact) mass is 645 g/mol. The van der Waals surface area contributed by atoms with Crippen LogP contribution < -0.4 is 27.0 Å². The predicted molar refractivity (Wildman–Crippen MR) is 174 cm³/mol. The van der Waals surface area contributed by atoms with E-state index >= 15 is 0 Å². The number of aliphatic imine (C=N–C) groups is 1. The third-order valence-electron chi connectivity index (χ3n) is 7.72. The summed E-state index contributed by atoms with van der Waals surface area (Å²) in [7, 11) is 0. The highest BCUT2D eigenvalue weighted by Gasteiger charge is 2.29. The molecule has 1 aliphatic rings. The van der Waals surface area contributed by atoms with E-state index in [1.165, 1.54) is 32.4 Å². The van der Waals surface area contributed by atoms with E-state index in [4.69, 9.17) is 5.73 Å². The van der Waals surface area contributed by atoms with Gasteiger partial charge in [-0.2, -0.15) is 0 Å². The molecule has 1 saturated heterocycles. The Morgan fingerprint density at radius 2 is 1.26 bits per heavy atom. The molecular formula is C32H51N7O7. The van der Waals surface area contributed by atoms with Crippen molar-refractivity contribution in [3.63, 3.8) is 0 Å². The lowest BCUT2D eigenvalue weighted by atomic mass is 10.0. The number of hydrogen-bond donors (Lipinski definition) is 7. The van der Waals surface area contributed by atoms with Crippen LogP contribution in [0.4, 0.5) is 0 Å². The van der Waals surface area contributed by atoms with Crippen molar-refractivity contribution in [1.82, 2.24) is 26.2 Å². The molecule has 0 aromatic heterocycles. The maximum atomic E-state index is 13.2. The van der Waals surface area contributed by atoms with Gasteiger partial charge in [0.2, 0.25) is 23.6 Å². The van der Waals surface area contributed by atoms with Gasteiger partial charge in [0.15, 0.2) is 5.96 Å². The van der Waals surface area contributed by atoms with Gasteiger partial charge in [-0.3, -0.25) is 19.2 Å². The number of carboxylic acids is 1. The number of phenols is 1. The highest BCUT2D eigenvalue weighted by Crippen LogP contribution is 2.13. The van der Waals surface area contributed by atoms with Gasteiger partial charge in [-0.05, 0) is 63.6 Å². The standard InChI is InChI=1S/C32H51N7O7/c1-19(2)17-25(30(44)35-21(4)29(43)38-26(31(45)46)18-23-11-13-24(40)14-12-23)37-28(42)20(3)34-27(41)22(5)36-32(33)39-15-9-7-6-8-10-16-39/h11-14,19-22,25-26,40H,6-10,15-18H2,1-5H3,(H2,33,36)(H,34,41)(H,35,44)(H,37,42)(H,38,43)(H,45,46). The number of guanidine groups is 1. The molecule has 4 amide bonds. The summed E-state index contributed by atoms with van der Waals surface area (Å²) in [6.45, 7) is 9.79. The third-order valence-corrected chi connectivity index (χ3v) is 7.72. The summed E-state index contributed by atoms with van der Waals surface area (Å²) in [6.07, 6.45) is 5.68. The summed E-state index contributed by atoms with van der Waals surface area (Å²) in [5.41, 5.74) is 6.78. The van der Waals surface area contributed by atoms with Gasteiger partial charge in [0.05, 0.1) is 0 Å². The average Bonchev–Trinajstić information content (AvgIpc) is 2.96. The van der Waals surface area contributed by atoms with Crippen molar-refractivity contribution >= 4 is 35.6 Å². The van der Waals surface area contributed by atoms with Crippen molar-refractivity contribution in [1.29, 1.82) is 0 Å². The minimum atomic E-state index is -1.27. The van der Waals surface area contributed by atoms with Crippen LogP contribution in [0.2, 0.25) is 0 Å². The van der Waals surface area contributed by atoms with Gasteiger partial charge in [0.1, 0.15) is 36.0 Å². The van der Waals surface area contributed by atoms with Crippen molar-refractivity contribution in [2.75, 3.05) is 13.1 Å². The van der Waals surface area contributed by atoms with Crippen LogP contribution in [0.5, 0.6) is 5.75 Å². The zero-order chi connectivity index (χ0) is 34.4. The molecule has 46 heavy (non-hydrogen) atoms. The van der Waals surface area contributed by atoms with Crippen LogP contribution in [0, 0.1) is 5.92 Å². The Hall–Kier alpha value is -4.36. The number of carbonyl (C=O) groups is 5. The van der Waals surface area contributed by atoms with Crippen molar-refractivity contribution < 1.29 is 34.2 Å². The second kappa shape index (κ2) is 18.6. The smallest absolute Gasteiger partial charge is 0.326 e. The fraction of sp³-hybridized carbons (Fsp3) is 0.625. The number of aliphatic carboxylic acids is 1. The number of aromatic hydroxyl groups is 1. The highest BCUT2D eigenvalue weighted by atomic mass is 16.4. The maximum absolute atomic E-state index is 13.2. The molecule has 1 fully saturated rings. The molecule has 0 radical (unpaired) electrons. The summed E-state index contributed by atoms with van der Waals surface area (Å²) in [5.74, 6) is -3.39. The summed E-state index contributed by atoms with van der Waals surface area (Å²) in [5, 5.41) is 29.3. The molecule has 0 aliphatic carbocycles.